The smallest absolute Gasteiger partial charge is 0.344 e. The van der Waals surface area contributed by atoms with Crippen LogP contribution in [0.4, 0.5) is 0 Å². The van der Waals surface area contributed by atoms with Crippen molar-refractivity contribution in [3.8, 4) is 28.3 Å². The molecular formula is C29H36N2O3. The first-order chi connectivity index (χ1) is 16.6. The van der Waals surface area contributed by atoms with Crippen molar-refractivity contribution >= 4 is 5.97 Å². The fourth-order valence-electron chi connectivity index (χ4n) is 3.89. The molecule has 1 heterocycles. The summed E-state index contributed by atoms with van der Waals surface area (Å²) in [6.45, 7) is 3.77. The number of unbranched alkanes of at least 4 members (excludes halogenated alkanes) is 7. The van der Waals surface area contributed by atoms with Gasteiger partial charge in [-0.1, -0.05) is 88.3 Å². The van der Waals surface area contributed by atoms with Gasteiger partial charge in [-0.05, 0) is 43.0 Å². The third-order valence-corrected chi connectivity index (χ3v) is 6.03. The highest BCUT2D eigenvalue weighted by Gasteiger charge is 2.12. The van der Waals surface area contributed by atoms with Gasteiger partial charge in [0.05, 0.1) is 0 Å². The predicted molar refractivity (Wildman–Crippen MR) is 137 cm³/mol. The number of aliphatic carboxylic acids is 1. The van der Waals surface area contributed by atoms with Crippen molar-refractivity contribution in [2.45, 2.75) is 77.7 Å². The standard InChI is InChI=1S/C29H36N2O3/c1-3-4-5-6-7-8-9-10-11-23-12-14-25(15-13-23)28-30-20-26(21-31-28)24-16-18-27(19-17-24)34-22(2)29(32)33/h12-22H,3-11H2,1-2H3,(H,32,33). The van der Waals surface area contributed by atoms with E-state index in [4.69, 9.17) is 9.84 Å². The van der Waals surface area contributed by atoms with E-state index < -0.39 is 12.1 Å². The molecule has 0 fully saturated rings. The van der Waals surface area contributed by atoms with E-state index in [0.29, 0.717) is 11.6 Å². The van der Waals surface area contributed by atoms with Gasteiger partial charge >= 0.3 is 5.97 Å². The zero-order chi connectivity index (χ0) is 24.2. The highest BCUT2D eigenvalue weighted by molar-refractivity contribution is 5.72. The number of carbonyl (C=O) groups is 1. The molecule has 3 aromatic rings. The predicted octanol–water partition coefficient (Wildman–Crippen LogP) is 7.35. The van der Waals surface area contributed by atoms with E-state index >= 15 is 0 Å². The highest BCUT2D eigenvalue weighted by atomic mass is 16.5. The van der Waals surface area contributed by atoms with Gasteiger partial charge in [-0.25, -0.2) is 14.8 Å². The molecule has 3 rings (SSSR count). The lowest BCUT2D eigenvalue weighted by Gasteiger charge is -2.10. The van der Waals surface area contributed by atoms with Crippen molar-refractivity contribution in [3.05, 3.63) is 66.5 Å². The van der Waals surface area contributed by atoms with Crippen molar-refractivity contribution in [2.75, 3.05) is 0 Å². The summed E-state index contributed by atoms with van der Waals surface area (Å²) in [5, 5.41) is 8.96. The van der Waals surface area contributed by atoms with Crippen LogP contribution >= 0.6 is 0 Å². The second kappa shape index (κ2) is 13.5. The molecule has 34 heavy (non-hydrogen) atoms. The van der Waals surface area contributed by atoms with E-state index in [1.165, 1.54) is 63.9 Å². The quantitative estimate of drug-likeness (QED) is 0.255. The monoisotopic (exact) mass is 460 g/mol. The summed E-state index contributed by atoms with van der Waals surface area (Å²) >= 11 is 0. The molecule has 0 aliphatic carbocycles. The third kappa shape index (κ3) is 7.98. The number of aromatic nitrogens is 2. The number of carboxylic acid groups (broad SMARTS) is 1. The lowest BCUT2D eigenvalue weighted by atomic mass is 10.0. The molecule has 180 valence electrons. The minimum absolute atomic E-state index is 0.517. The molecule has 5 nitrogen and oxygen atoms in total. The fourth-order valence-corrected chi connectivity index (χ4v) is 3.89. The Morgan fingerprint density at radius 1 is 0.794 bits per heavy atom. The van der Waals surface area contributed by atoms with Crippen molar-refractivity contribution < 1.29 is 14.6 Å². The van der Waals surface area contributed by atoms with Gasteiger partial charge in [0.15, 0.2) is 11.9 Å². The Hall–Kier alpha value is -3.21. The van der Waals surface area contributed by atoms with Crippen LogP contribution in [0.2, 0.25) is 0 Å². The number of hydrogen-bond acceptors (Lipinski definition) is 4. The molecule has 0 bridgehead atoms. The third-order valence-electron chi connectivity index (χ3n) is 6.03. The van der Waals surface area contributed by atoms with E-state index in [9.17, 15) is 4.79 Å². The van der Waals surface area contributed by atoms with Gasteiger partial charge in [0.25, 0.3) is 0 Å². The SMILES string of the molecule is CCCCCCCCCCc1ccc(-c2ncc(-c3ccc(OC(C)C(=O)O)cc3)cn2)cc1. The Morgan fingerprint density at radius 3 is 1.94 bits per heavy atom. The largest absolute Gasteiger partial charge is 0.479 e. The van der Waals surface area contributed by atoms with E-state index in [2.05, 4.69) is 41.2 Å². The summed E-state index contributed by atoms with van der Waals surface area (Å²) in [7, 11) is 0. The van der Waals surface area contributed by atoms with Crippen LogP contribution in [-0.4, -0.2) is 27.1 Å². The first kappa shape index (κ1) is 25.4. The summed E-state index contributed by atoms with van der Waals surface area (Å²) in [4.78, 5) is 20.0. The first-order valence-electron chi connectivity index (χ1n) is 12.5. The molecule has 1 unspecified atom stereocenters. The second-order valence-corrected chi connectivity index (χ2v) is 8.84. The number of benzene rings is 2. The minimum Gasteiger partial charge on any atom is -0.479 e. The first-order valence-corrected chi connectivity index (χ1v) is 12.5. The molecule has 5 heteroatoms. The van der Waals surface area contributed by atoms with Gasteiger partial charge < -0.3 is 9.84 Å². The van der Waals surface area contributed by atoms with Crippen LogP contribution < -0.4 is 4.74 Å². The number of carboxylic acids is 1. The normalized spacial score (nSPS) is 11.8. The zero-order valence-electron chi connectivity index (χ0n) is 20.4. The molecule has 1 N–H and O–H groups in total. The summed E-state index contributed by atoms with van der Waals surface area (Å²) < 4.78 is 5.38. The molecule has 1 atom stereocenters. The van der Waals surface area contributed by atoms with E-state index in [1.54, 1.807) is 12.1 Å². The highest BCUT2D eigenvalue weighted by Crippen LogP contribution is 2.24. The summed E-state index contributed by atoms with van der Waals surface area (Å²) in [6, 6.07) is 15.8. The molecule has 2 aromatic carbocycles. The van der Waals surface area contributed by atoms with Crippen LogP contribution in [0.1, 0.15) is 70.8 Å². The van der Waals surface area contributed by atoms with Gasteiger partial charge in [-0.15, -0.1) is 0 Å². The van der Waals surface area contributed by atoms with E-state index in [1.807, 2.05) is 24.5 Å². The maximum Gasteiger partial charge on any atom is 0.344 e. The van der Waals surface area contributed by atoms with Gasteiger partial charge in [0.1, 0.15) is 5.75 Å². The Labute approximate surface area is 203 Å². The fraction of sp³-hybridized carbons (Fsp3) is 0.414. The Kier molecular flexibility index (Phi) is 10.1. The lowest BCUT2D eigenvalue weighted by molar-refractivity contribution is -0.144. The Bertz CT molecular complexity index is 999. The summed E-state index contributed by atoms with van der Waals surface area (Å²) in [6.07, 6.45) is 14.6. The van der Waals surface area contributed by atoms with E-state index in [0.717, 1.165) is 23.1 Å². The summed E-state index contributed by atoms with van der Waals surface area (Å²) in [5.41, 5.74) is 4.22. The summed E-state index contributed by atoms with van der Waals surface area (Å²) in [5.74, 6) is 0.232. The minimum atomic E-state index is -0.991. The number of ether oxygens (including phenoxy) is 1. The lowest BCUT2D eigenvalue weighted by Crippen LogP contribution is -2.22. The zero-order valence-corrected chi connectivity index (χ0v) is 20.4. The maximum absolute atomic E-state index is 10.9. The van der Waals surface area contributed by atoms with Crippen LogP contribution in [-0.2, 0) is 11.2 Å². The van der Waals surface area contributed by atoms with Crippen molar-refractivity contribution in [2.24, 2.45) is 0 Å². The number of hydrogen-bond donors (Lipinski definition) is 1. The molecule has 0 saturated carbocycles. The molecule has 0 radical (unpaired) electrons. The molecule has 0 aliphatic heterocycles. The van der Waals surface area contributed by atoms with Gasteiger partial charge in [-0.2, -0.15) is 0 Å². The molecule has 0 saturated heterocycles. The average molecular weight is 461 g/mol. The Balaban J connectivity index is 1.48. The molecule has 0 amide bonds. The topological polar surface area (TPSA) is 72.3 Å². The van der Waals surface area contributed by atoms with Crippen molar-refractivity contribution in [3.63, 3.8) is 0 Å². The molecular weight excluding hydrogens is 424 g/mol. The second-order valence-electron chi connectivity index (χ2n) is 8.84. The maximum atomic E-state index is 10.9. The van der Waals surface area contributed by atoms with Gasteiger partial charge in [-0.3, -0.25) is 0 Å². The number of aryl methyl sites for hydroxylation is 1. The van der Waals surface area contributed by atoms with Crippen molar-refractivity contribution in [1.82, 2.24) is 9.97 Å². The van der Waals surface area contributed by atoms with Crippen LogP contribution in [0.25, 0.3) is 22.5 Å². The number of rotatable bonds is 14. The van der Waals surface area contributed by atoms with Crippen LogP contribution in [0.15, 0.2) is 60.9 Å². The van der Waals surface area contributed by atoms with E-state index in [-0.39, 0.29) is 0 Å². The molecule has 1 aromatic heterocycles. The Morgan fingerprint density at radius 2 is 1.35 bits per heavy atom. The van der Waals surface area contributed by atoms with Crippen molar-refractivity contribution in [1.29, 1.82) is 0 Å². The van der Waals surface area contributed by atoms with Crippen LogP contribution in [0, 0.1) is 0 Å². The molecule has 0 aliphatic rings. The van der Waals surface area contributed by atoms with Crippen LogP contribution in [0.5, 0.6) is 5.75 Å². The van der Waals surface area contributed by atoms with Crippen LogP contribution in [0.3, 0.4) is 0 Å². The van der Waals surface area contributed by atoms with Gasteiger partial charge in [0.2, 0.25) is 0 Å². The number of nitrogens with zero attached hydrogens (tertiary/aromatic N) is 2. The molecule has 0 spiro atoms. The average Bonchev–Trinajstić information content (AvgIpc) is 2.86. The van der Waals surface area contributed by atoms with Gasteiger partial charge in [0, 0.05) is 23.5 Å².